The highest BCUT2D eigenvalue weighted by Crippen LogP contribution is 2.30. The van der Waals surface area contributed by atoms with Crippen molar-refractivity contribution >= 4 is 0 Å². The Morgan fingerprint density at radius 1 is 1.50 bits per heavy atom. The highest BCUT2D eigenvalue weighted by atomic mass is 15.2. The second-order valence-corrected chi connectivity index (χ2v) is 3.40. The molecule has 0 spiro atoms. The lowest BCUT2D eigenvalue weighted by Crippen LogP contribution is -2.23. The summed E-state index contributed by atoms with van der Waals surface area (Å²) in [6.07, 6.45) is 5.60. The second kappa shape index (κ2) is 3.94. The molecule has 0 aliphatic heterocycles. The molecule has 2 N–H and O–H groups in total. The van der Waals surface area contributed by atoms with E-state index in [0.717, 1.165) is 12.5 Å². The summed E-state index contributed by atoms with van der Waals surface area (Å²) in [5.41, 5.74) is 2.49. The summed E-state index contributed by atoms with van der Waals surface area (Å²) in [5, 5.41) is 0. The molecular weight excluding hydrogens is 124 g/mol. The SMILES string of the molecule is CC(CN[NH])C1CCCC1. The van der Waals surface area contributed by atoms with E-state index < -0.39 is 0 Å². The van der Waals surface area contributed by atoms with Gasteiger partial charge in [-0.25, -0.2) is 5.43 Å². The van der Waals surface area contributed by atoms with Gasteiger partial charge < -0.3 is 0 Å². The minimum absolute atomic E-state index is 0.708. The number of rotatable bonds is 3. The topological polar surface area (TPSA) is 35.8 Å². The van der Waals surface area contributed by atoms with Crippen molar-refractivity contribution < 1.29 is 0 Å². The van der Waals surface area contributed by atoms with Gasteiger partial charge in [0, 0.05) is 6.54 Å². The summed E-state index contributed by atoms with van der Waals surface area (Å²) in [7, 11) is 0. The fraction of sp³-hybridized carbons (Fsp3) is 1.00. The molecule has 1 fully saturated rings. The van der Waals surface area contributed by atoms with Crippen molar-refractivity contribution in [3.63, 3.8) is 0 Å². The zero-order chi connectivity index (χ0) is 7.40. The lowest BCUT2D eigenvalue weighted by atomic mass is 9.93. The van der Waals surface area contributed by atoms with Crippen molar-refractivity contribution in [3.05, 3.63) is 0 Å². The molecule has 1 radical (unpaired) electrons. The molecule has 1 rings (SSSR count). The van der Waals surface area contributed by atoms with E-state index in [2.05, 4.69) is 12.3 Å². The largest absolute Gasteiger partial charge is 0.243 e. The van der Waals surface area contributed by atoms with Crippen LogP contribution in [-0.2, 0) is 0 Å². The monoisotopic (exact) mass is 141 g/mol. The van der Waals surface area contributed by atoms with Crippen LogP contribution in [0.15, 0.2) is 0 Å². The Morgan fingerprint density at radius 3 is 2.60 bits per heavy atom. The van der Waals surface area contributed by atoms with Crippen LogP contribution in [0.25, 0.3) is 0 Å². The molecular formula is C8H17N2. The predicted molar refractivity (Wildman–Crippen MR) is 42.2 cm³/mol. The van der Waals surface area contributed by atoms with E-state index in [1.807, 2.05) is 0 Å². The van der Waals surface area contributed by atoms with Crippen LogP contribution in [0.4, 0.5) is 0 Å². The van der Waals surface area contributed by atoms with Gasteiger partial charge in [-0.2, -0.15) is 5.84 Å². The van der Waals surface area contributed by atoms with E-state index >= 15 is 0 Å². The van der Waals surface area contributed by atoms with Gasteiger partial charge in [-0.3, -0.25) is 0 Å². The molecule has 0 heterocycles. The van der Waals surface area contributed by atoms with Crippen molar-refractivity contribution in [3.8, 4) is 0 Å². The Morgan fingerprint density at radius 2 is 2.10 bits per heavy atom. The third kappa shape index (κ3) is 1.96. The quantitative estimate of drug-likeness (QED) is 0.595. The molecule has 1 atom stereocenters. The maximum Gasteiger partial charge on any atom is 0.0142 e. The first-order valence-corrected chi connectivity index (χ1v) is 4.24. The Balaban J connectivity index is 2.18. The van der Waals surface area contributed by atoms with E-state index in [9.17, 15) is 0 Å². The molecule has 0 saturated heterocycles. The van der Waals surface area contributed by atoms with Crippen LogP contribution in [0, 0.1) is 11.8 Å². The lowest BCUT2D eigenvalue weighted by Gasteiger charge is -2.16. The first-order chi connectivity index (χ1) is 4.84. The molecule has 1 unspecified atom stereocenters. The number of hydrogen-bond acceptors (Lipinski definition) is 1. The van der Waals surface area contributed by atoms with E-state index in [-0.39, 0.29) is 0 Å². The zero-order valence-corrected chi connectivity index (χ0v) is 6.69. The average Bonchev–Trinajstić information content (AvgIpc) is 2.38. The van der Waals surface area contributed by atoms with Gasteiger partial charge in [-0.1, -0.05) is 32.6 Å². The van der Waals surface area contributed by atoms with Gasteiger partial charge in [0.25, 0.3) is 0 Å². The maximum absolute atomic E-state index is 6.85. The molecule has 0 aromatic rings. The van der Waals surface area contributed by atoms with Crippen LogP contribution in [0.1, 0.15) is 32.6 Å². The van der Waals surface area contributed by atoms with Crippen LogP contribution < -0.4 is 11.3 Å². The van der Waals surface area contributed by atoms with Crippen molar-refractivity contribution in [1.82, 2.24) is 11.3 Å². The van der Waals surface area contributed by atoms with Gasteiger partial charge in [-0.05, 0) is 11.8 Å². The maximum atomic E-state index is 6.85. The second-order valence-electron chi connectivity index (χ2n) is 3.40. The van der Waals surface area contributed by atoms with E-state index in [1.165, 1.54) is 25.7 Å². The zero-order valence-electron chi connectivity index (χ0n) is 6.69. The molecule has 10 heavy (non-hydrogen) atoms. The number of hydrogen-bond donors (Lipinski definition) is 1. The molecule has 1 aliphatic rings. The predicted octanol–water partition coefficient (Wildman–Crippen LogP) is 1.60. The third-order valence-corrected chi connectivity index (χ3v) is 2.63. The Labute approximate surface area is 63.1 Å². The summed E-state index contributed by atoms with van der Waals surface area (Å²) in [6.45, 7) is 3.11. The summed E-state index contributed by atoms with van der Waals surface area (Å²) in [6, 6.07) is 0. The van der Waals surface area contributed by atoms with Gasteiger partial charge in [-0.15, -0.1) is 0 Å². The molecule has 2 heteroatoms. The molecule has 0 aromatic carbocycles. The fourth-order valence-corrected chi connectivity index (χ4v) is 1.85. The van der Waals surface area contributed by atoms with Crippen molar-refractivity contribution in [2.45, 2.75) is 32.6 Å². The first kappa shape index (κ1) is 8.02. The fourth-order valence-electron chi connectivity index (χ4n) is 1.85. The van der Waals surface area contributed by atoms with Gasteiger partial charge in [0.1, 0.15) is 0 Å². The van der Waals surface area contributed by atoms with Crippen molar-refractivity contribution in [2.75, 3.05) is 6.54 Å². The summed E-state index contributed by atoms with van der Waals surface area (Å²) in [4.78, 5) is 0. The highest BCUT2D eigenvalue weighted by Gasteiger charge is 2.20. The summed E-state index contributed by atoms with van der Waals surface area (Å²) >= 11 is 0. The molecule has 59 valence electrons. The Hall–Kier alpha value is -0.0800. The molecule has 1 aliphatic carbocycles. The normalized spacial score (nSPS) is 23.4. The van der Waals surface area contributed by atoms with Crippen LogP contribution >= 0.6 is 0 Å². The first-order valence-electron chi connectivity index (χ1n) is 4.24. The van der Waals surface area contributed by atoms with Gasteiger partial charge >= 0.3 is 0 Å². The highest BCUT2D eigenvalue weighted by molar-refractivity contribution is 4.73. The number of nitrogens with one attached hydrogen (secondary N) is 2. The van der Waals surface area contributed by atoms with Gasteiger partial charge in [0.2, 0.25) is 0 Å². The van der Waals surface area contributed by atoms with Crippen molar-refractivity contribution in [1.29, 1.82) is 0 Å². The van der Waals surface area contributed by atoms with Crippen LogP contribution in [-0.4, -0.2) is 6.54 Å². The average molecular weight is 141 g/mol. The standard InChI is InChI=1S/C8H17N2/c1-7(6-10-9)8-4-2-3-5-8/h7-10H,2-6H2,1H3. The minimum atomic E-state index is 0.708. The molecule has 2 nitrogen and oxygen atoms in total. The van der Waals surface area contributed by atoms with Gasteiger partial charge in [0.15, 0.2) is 0 Å². The van der Waals surface area contributed by atoms with Crippen LogP contribution in [0.2, 0.25) is 0 Å². The van der Waals surface area contributed by atoms with E-state index in [0.29, 0.717) is 5.92 Å². The molecule has 1 saturated carbocycles. The Bertz CT molecular complexity index is 87.3. The molecule has 0 amide bonds. The van der Waals surface area contributed by atoms with Crippen molar-refractivity contribution in [2.24, 2.45) is 11.8 Å². The molecule has 0 bridgehead atoms. The smallest absolute Gasteiger partial charge is 0.0142 e. The summed E-state index contributed by atoms with van der Waals surface area (Å²) in [5.74, 6) is 8.46. The van der Waals surface area contributed by atoms with Crippen LogP contribution in [0.3, 0.4) is 0 Å². The lowest BCUT2D eigenvalue weighted by molar-refractivity contribution is 0.349. The van der Waals surface area contributed by atoms with E-state index in [1.54, 1.807) is 0 Å². The molecule has 0 aromatic heterocycles. The minimum Gasteiger partial charge on any atom is -0.243 e. The van der Waals surface area contributed by atoms with Gasteiger partial charge in [0.05, 0.1) is 0 Å². The third-order valence-electron chi connectivity index (χ3n) is 2.63. The summed E-state index contributed by atoms with van der Waals surface area (Å²) < 4.78 is 0. The van der Waals surface area contributed by atoms with E-state index in [4.69, 9.17) is 5.84 Å². The Kier molecular flexibility index (Phi) is 3.16. The van der Waals surface area contributed by atoms with Crippen LogP contribution in [0.5, 0.6) is 0 Å².